The minimum Gasteiger partial charge on any atom is -0.348 e. The Bertz CT molecular complexity index is 538. The van der Waals surface area contributed by atoms with Gasteiger partial charge in [-0.25, -0.2) is 0 Å². The number of nitrogens with one attached hydrogen (secondary N) is 1. The van der Waals surface area contributed by atoms with Crippen LogP contribution in [-0.2, 0) is 19.5 Å². The molecular weight excluding hydrogens is 248 g/mol. The van der Waals surface area contributed by atoms with E-state index in [-0.39, 0.29) is 0 Å². The first-order chi connectivity index (χ1) is 9.67. The van der Waals surface area contributed by atoms with Gasteiger partial charge < -0.3 is 9.88 Å². The molecular formula is C16H26N4. The monoisotopic (exact) mass is 274 g/mol. The van der Waals surface area contributed by atoms with E-state index in [2.05, 4.69) is 71.9 Å². The van der Waals surface area contributed by atoms with Gasteiger partial charge in [0.05, 0.1) is 17.9 Å². The van der Waals surface area contributed by atoms with E-state index in [0.29, 0.717) is 6.04 Å². The lowest BCUT2D eigenvalue weighted by Gasteiger charge is -2.10. The summed E-state index contributed by atoms with van der Waals surface area (Å²) in [6.07, 6.45) is 5.38. The van der Waals surface area contributed by atoms with Crippen LogP contribution < -0.4 is 5.32 Å². The topological polar surface area (TPSA) is 34.8 Å². The standard InChI is InChI=1S/C16H26N4/c1-5-15-10-16(20(7-3)18-15)12-19-9-8-14(11-19)13(4)17-6-2/h8-11,13,17H,5-7,12H2,1-4H3. The van der Waals surface area contributed by atoms with Gasteiger partial charge in [-0.05, 0) is 44.5 Å². The molecule has 2 aromatic heterocycles. The number of rotatable bonds is 7. The molecule has 0 amide bonds. The Labute approximate surface area is 121 Å². The van der Waals surface area contributed by atoms with Crippen molar-refractivity contribution >= 4 is 0 Å². The fourth-order valence-electron chi connectivity index (χ4n) is 2.51. The summed E-state index contributed by atoms with van der Waals surface area (Å²) in [5.41, 5.74) is 3.79. The third-order valence-corrected chi connectivity index (χ3v) is 3.70. The maximum Gasteiger partial charge on any atom is 0.0639 e. The fourth-order valence-corrected chi connectivity index (χ4v) is 2.51. The number of hydrogen-bond donors (Lipinski definition) is 1. The third-order valence-electron chi connectivity index (χ3n) is 3.70. The van der Waals surface area contributed by atoms with Gasteiger partial charge in [-0.3, -0.25) is 4.68 Å². The van der Waals surface area contributed by atoms with E-state index in [1.165, 1.54) is 17.0 Å². The van der Waals surface area contributed by atoms with Crippen LogP contribution in [0.25, 0.3) is 0 Å². The predicted molar refractivity (Wildman–Crippen MR) is 82.9 cm³/mol. The van der Waals surface area contributed by atoms with Gasteiger partial charge >= 0.3 is 0 Å². The molecule has 4 nitrogen and oxygen atoms in total. The van der Waals surface area contributed by atoms with Gasteiger partial charge in [0, 0.05) is 25.0 Å². The zero-order valence-electron chi connectivity index (χ0n) is 13.1. The molecule has 1 unspecified atom stereocenters. The molecule has 0 saturated carbocycles. The number of nitrogens with zero attached hydrogens (tertiary/aromatic N) is 3. The molecule has 0 spiro atoms. The SMILES string of the molecule is CCNC(C)c1ccn(Cc2cc(CC)nn2CC)c1. The average Bonchev–Trinajstić information content (AvgIpc) is 3.06. The summed E-state index contributed by atoms with van der Waals surface area (Å²) in [4.78, 5) is 0. The molecule has 1 atom stereocenters. The molecule has 2 rings (SSSR count). The normalized spacial score (nSPS) is 12.8. The van der Waals surface area contributed by atoms with Crippen LogP contribution in [0.15, 0.2) is 24.5 Å². The van der Waals surface area contributed by atoms with Gasteiger partial charge in [0.25, 0.3) is 0 Å². The summed E-state index contributed by atoms with van der Waals surface area (Å²) in [6.45, 7) is 11.4. The summed E-state index contributed by atoms with van der Waals surface area (Å²) in [6, 6.07) is 4.82. The lowest BCUT2D eigenvalue weighted by Crippen LogP contribution is -2.17. The highest BCUT2D eigenvalue weighted by atomic mass is 15.3. The van der Waals surface area contributed by atoms with E-state index in [0.717, 1.165) is 26.1 Å². The van der Waals surface area contributed by atoms with Crippen molar-refractivity contribution in [3.05, 3.63) is 41.5 Å². The number of hydrogen-bond acceptors (Lipinski definition) is 2. The van der Waals surface area contributed by atoms with Crippen molar-refractivity contribution in [2.45, 2.75) is 53.2 Å². The lowest BCUT2D eigenvalue weighted by molar-refractivity contribution is 0.586. The van der Waals surface area contributed by atoms with E-state index < -0.39 is 0 Å². The summed E-state index contributed by atoms with van der Waals surface area (Å²) < 4.78 is 4.35. The Morgan fingerprint density at radius 1 is 1.30 bits per heavy atom. The van der Waals surface area contributed by atoms with E-state index in [1.807, 2.05) is 0 Å². The summed E-state index contributed by atoms with van der Waals surface area (Å²) in [5, 5.41) is 8.05. The van der Waals surface area contributed by atoms with Gasteiger partial charge in [-0.1, -0.05) is 13.8 Å². The highest BCUT2D eigenvalue weighted by Crippen LogP contribution is 2.14. The van der Waals surface area contributed by atoms with Crippen molar-refractivity contribution in [3.8, 4) is 0 Å². The molecule has 0 radical (unpaired) electrons. The first-order valence-corrected chi connectivity index (χ1v) is 7.62. The van der Waals surface area contributed by atoms with E-state index in [4.69, 9.17) is 0 Å². The number of aryl methyl sites for hydroxylation is 2. The van der Waals surface area contributed by atoms with Crippen molar-refractivity contribution in [1.29, 1.82) is 0 Å². The zero-order valence-corrected chi connectivity index (χ0v) is 13.1. The highest BCUT2D eigenvalue weighted by molar-refractivity contribution is 5.17. The quantitative estimate of drug-likeness (QED) is 0.842. The molecule has 0 aliphatic rings. The summed E-state index contributed by atoms with van der Waals surface area (Å²) in [7, 11) is 0. The smallest absolute Gasteiger partial charge is 0.0639 e. The van der Waals surface area contributed by atoms with Crippen LogP contribution in [0.5, 0.6) is 0 Å². The first kappa shape index (κ1) is 14.9. The van der Waals surface area contributed by atoms with Gasteiger partial charge in [-0.15, -0.1) is 0 Å². The molecule has 2 heterocycles. The van der Waals surface area contributed by atoms with Crippen molar-refractivity contribution in [2.24, 2.45) is 0 Å². The van der Waals surface area contributed by atoms with Crippen molar-refractivity contribution in [1.82, 2.24) is 19.7 Å². The minimum absolute atomic E-state index is 0.406. The molecule has 0 saturated heterocycles. The Balaban J connectivity index is 2.12. The van der Waals surface area contributed by atoms with Gasteiger partial charge in [0.1, 0.15) is 0 Å². The van der Waals surface area contributed by atoms with E-state index in [9.17, 15) is 0 Å². The van der Waals surface area contributed by atoms with Crippen LogP contribution in [0.4, 0.5) is 0 Å². The van der Waals surface area contributed by atoms with Crippen molar-refractivity contribution in [3.63, 3.8) is 0 Å². The van der Waals surface area contributed by atoms with E-state index >= 15 is 0 Å². The van der Waals surface area contributed by atoms with Crippen molar-refractivity contribution < 1.29 is 0 Å². The maximum absolute atomic E-state index is 4.61. The fraction of sp³-hybridized carbons (Fsp3) is 0.562. The van der Waals surface area contributed by atoms with Crippen LogP contribution in [0, 0.1) is 0 Å². The lowest BCUT2D eigenvalue weighted by atomic mass is 10.2. The zero-order chi connectivity index (χ0) is 14.5. The predicted octanol–water partition coefficient (Wildman–Crippen LogP) is 2.99. The van der Waals surface area contributed by atoms with Crippen LogP contribution in [-0.4, -0.2) is 20.9 Å². The minimum atomic E-state index is 0.406. The van der Waals surface area contributed by atoms with Gasteiger partial charge in [-0.2, -0.15) is 5.10 Å². The molecule has 0 aromatic carbocycles. The molecule has 1 N–H and O–H groups in total. The van der Waals surface area contributed by atoms with Crippen molar-refractivity contribution in [2.75, 3.05) is 6.54 Å². The van der Waals surface area contributed by atoms with Crippen LogP contribution in [0.3, 0.4) is 0 Å². The Morgan fingerprint density at radius 3 is 2.75 bits per heavy atom. The van der Waals surface area contributed by atoms with Crippen LogP contribution in [0.1, 0.15) is 50.7 Å². The second kappa shape index (κ2) is 6.75. The molecule has 0 aliphatic carbocycles. The second-order valence-corrected chi connectivity index (χ2v) is 5.19. The second-order valence-electron chi connectivity index (χ2n) is 5.19. The van der Waals surface area contributed by atoms with Crippen LogP contribution >= 0.6 is 0 Å². The molecule has 110 valence electrons. The first-order valence-electron chi connectivity index (χ1n) is 7.62. The Hall–Kier alpha value is -1.55. The molecule has 0 fully saturated rings. The third kappa shape index (κ3) is 3.31. The van der Waals surface area contributed by atoms with Gasteiger partial charge in [0.15, 0.2) is 0 Å². The largest absolute Gasteiger partial charge is 0.348 e. The molecule has 4 heteroatoms. The molecule has 2 aromatic rings. The van der Waals surface area contributed by atoms with Crippen LogP contribution in [0.2, 0.25) is 0 Å². The summed E-state index contributed by atoms with van der Waals surface area (Å²) in [5.74, 6) is 0. The molecule has 0 aliphatic heterocycles. The number of aromatic nitrogens is 3. The van der Waals surface area contributed by atoms with E-state index in [1.54, 1.807) is 0 Å². The summed E-state index contributed by atoms with van der Waals surface area (Å²) >= 11 is 0. The average molecular weight is 274 g/mol. The molecule has 0 bridgehead atoms. The molecule has 20 heavy (non-hydrogen) atoms. The maximum atomic E-state index is 4.61. The Morgan fingerprint density at radius 2 is 2.10 bits per heavy atom. The van der Waals surface area contributed by atoms with Gasteiger partial charge in [0.2, 0.25) is 0 Å². The Kier molecular flexibility index (Phi) is 5.01. The highest BCUT2D eigenvalue weighted by Gasteiger charge is 2.09.